The Kier molecular flexibility index (Phi) is 46.3. The predicted molar refractivity (Wildman–Crippen MR) is 436 cm³/mol. The molecule has 1 aromatic carbocycles. The van der Waals surface area contributed by atoms with E-state index in [0.29, 0.717) is 41.5 Å². The minimum absolute atomic E-state index is 0.00123. The molecule has 1 aliphatic rings. The van der Waals surface area contributed by atoms with Gasteiger partial charge in [0, 0.05) is 37.0 Å². The van der Waals surface area contributed by atoms with Crippen LogP contribution in [0.3, 0.4) is 0 Å². The molecule has 0 saturated carbocycles. The van der Waals surface area contributed by atoms with Crippen molar-refractivity contribution in [1.82, 2.24) is 84.3 Å². The highest BCUT2D eigenvalue weighted by molar-refractivity contribution is 7.98. The maximum absolute atomic E-state index is 14.5. The van der Waals surface area contributed by atoms with Crippen LogP contribution in [0.25, 0.3) is 10.9 Å². The van der Waals surface area contributed by atoms with Crippen molar-refractivity contribution in [3.05, 3.63) is 36.0 Å². The van der Waals surface area contributed by atoms with Gasteiger partial charge in [0.15, 0.2) is 0 Å². The number of H-pyrrole nitrogens is 1. The molecule has 0 radical (unpaired) electrons. The average molecular weight is 1730 g/mol. The summed E-state index contributed by atoms with van der Waals surface area (Å²) in [4.78, 5) is 268. The van der Waals surface area contributed by atoms with Crippen LogP contribution in [-0.2, 0) is 102 Å². The van der Waals surface area contributed by atoms with E-state index in [-0.39, 0.29) is 63.5 Å². The van der Waals surface area contributed by atoms with Crippen molar-refractivity contribution in [2.24, 2.45) is 40.9 Å². The normalized spacial score (nSPS) is 15.6. The number of carbonyl (C=O) groups excluding carboxylic acids is 16. The van der Waals surface area contributed by atoms with Crippen molar-refractivity contribution in [2.75, 3.05) is 44.7 Å². The van der Waals surface area contributed by atoms with Crippen LogP contribution < -0.4 is 91.6 Å². The highest BCUT2D eigenvalue weighted by Crippen LogP contribution is 2.23. The van der Waals surface area contributed by atoms with Crippen molar-refractivity contribution in [2.45, 2.75) is 238 Å². The first-order valence-corrected chi connectivity index (χ1v) is 40.8. The third-order valence-electron chi connectivity index (χ3n) is 18.4. The van der Waals surface area contributed by atoms with Crippen LogP contribution >= 0.6 is 11.8 Å². The minimum Gasteiger partial charge on any atom is -0.481 e. The number of aliphatic hydroxyl groups is 1. The van der Waals surface area contributed by atoms with Gasteiger partial charge in [0.2, 0.25) is 94.5 Å². The van der Waals surface area contributed by atoms with Gasteiger partial charge >= 0.3 is 17.9 Å². The lowest BCUT2D eigenvalue weighted by atomic mass is 10.00. The van der Waals surface area contributed by atoms with Crippen molar-refractivity contribution in [3.63, 3.8) is 0 Å². The molecule has 0 spiro atoms. The molecular formula is C76H121N19O25S. The molecule has 44 nitrogen and oxygen atoms in total. The number of aromatic nitrogens is 1. The van der Waals surface area contributed by atoms with Gasteiger partial charge in [-0.25, -0.2) is 0 Å². The first-order valence-electron chi connectivity index (χ1n) is 39.4. The number of carboxylic acid groups (broad SMARTS) is 4. The Balaban J connectivity index is 0.0000121. The monoisotopic (exact) mass is 1730 g/mol. The van der Waals surface area contributed by atoms with Crippen LogP contribution in [0.4, 0.5) is 0 Å². The van der Waals surface area contributed by atoms with Crippen LogP contribution in [0, 0.1) is 23.7 Å². The summed E-state index contributed by atoms with van der Waals surface area (Å²) in [5.41, 5.74) is 18.4. The second kappa shape index (κ2) is 53.1. The van der Waals surface area contributed by atoms with Crippen LogP contribution in [0.2, 0.25) is 0 Å². The molecule has 0 bridgehead atoms. The molecule has 1 saturated heterocycles. The number of nitrogens with one attached hydrogen (secondary N) is 15. The molecule has 45 heteroatoms. The number of nitrogens with zero attached hydrogens (tertiary/aromatic N) is 1. The molecule has 1 aliphatic heterocycles. The van der Waals surface area contributed by atoms with Crippen molar-refractivity contribution in [3.8, 4) is 0 Å². The number of benzene rings is 1. The summed E-state index contributed by atoms with van der Waals surface area (Å²) in [6, 6.07) is -12.9. The Hall–Kier alpha value is -11.6. The topological polar surface area (TPSA) is 708 Å². The van der Waals surface area contributed by atoms with E-state index in [1.165, 1.54) is 29.8 Å². The Morgan fingerprint density at radius 2 is 0.950 bits per heavy atom. The second-order valence-electron chi connectivity index (χ2n) is 30.6. The fourth-order valence-corrected chi connectivity index (χ4v) is 12.8. The van der Waals surface area contributed by atoms with Crippen LogP contribution in [0.5, 0.6) is 0 Å². The van der Waals surface area contributed by atoms with Crippen LogP contribution in [-0.4, -0.2) is 283 Å². The molecule has 16 amide bonds. The van der Waals surface area contributed by atoms with E-state index in [1.807, 2.05) is 11.6 Å². The number of aliphatic hydroxyl groups excluding tert-OH is 1. The number of hydrogen-bond acceptors (Lipinski definition) is 24. The zero-order valence-electron chi connectivity index (χ0n) is 70.0. The lowest BCUT2D eigenvalue weighted by Crippen LogP contribution is -2.61. The number of hydrogen-bond donors (Lipinski definition) is 23. The molecule has 3 rings (SSSR count). The summed E-state index contributed by atoms with van der Waals surface area (Å²) < 4.78 is 0. The minimum atomic E-state index is -2.01. The molecule has 14 atom stereocenters. The Bertz CT molecular complexity index is 3950. The summed E-state index contributed by atoms with van der Waals surface area (Å²) in [5.74, 6) is -22.7. The number of aromatic amines is 1. The number of primary amides is 1. The number of para-hydroxylation sites is 1. The fourth-order valence-electron chi connectivity index (χ4n) is 12.3. The number of rotatable bonds is 52. The highest BCUT2D eigenvalue weighted by atomic mass is 32.2. The summed E-state index contributed by atoms with van der Waals surface area (Å²) in [5, 5.41) is 80.6. The number of amides is 16. The standard InChI is InChI=1S/C74H117N19O23S.C2H4O2/c1-35(2)25-46(64(106)79-33-55(97)84-47(26-36(3)4)66(108)86-48(27-41-31-78-44-18-13-12-17-42(41)44)67(109)87-51(30-57(100)101)69(111)92-61(40(10)94)73(115)82-39(9)62(104)81-34-58(102)103)85-68(110)49(28-53(77)95)88-72(114)60(38(7)8)91-70(112)52-20-16-23-93(52)74(116)45(19-14-15-22-75)83-54(96)32-80-65(107)50(29-56(98)99)89-71(113)59(37(5)6)90-63(105)43(76)21-24-117-11;1-2(3)4/h12-13,17-18,31,35-40,43,45-52,59-61,78,94H,14-16,19-30,32-34,75-76H2,1-11H3,(H2,77,95)(H,79,106)(H,80,107)(H,81,104)(H,82,115)(H,83,96)(H,84,97)(H,85,110)(H,86,108)(H,87,109)(H,88,114)(H,89,113)(H,90,105)(H,91,112)(H,92,111)(H,98,99)(H,100,101)(H,102,103);1H3,(H,3,4)/t39-,40+,43-,45-,46-,47-,48-,49-,50-,51-,52-,59-,60-,61-;/m0./s1. The van der Waals surface area contributed by atoms with E-state index in [4.69, 9.17) is 32.2 Å². The smallest absolute Gasteiger partial charge is 0.322 e. The number of fused-ring (bicyclic) bond motifs is 1. The Morgan fingerprint density at radius 1 is 0.504 bits per heavy atom. The average Bonchev–Trinajstić information content (AvgIpc) is 1.66. The van der Waals surface area contributed by atoms with E-state index in [1.54, 1.807) is 79.7 Å². The number of aliphatic carboxylic acids is 4. The van der Waals surface area contributed by atoms with E-state index >= 15 is 0 Å². The summed E-state index contributed by atoms with van der Waals surface area (Å²) in [6.07, 6.45) is -0.474. The number of carboxylic acids is 4. The molecule has 26 N–H and O–H groups in total. The molecule has 1 aromatic heterocycles. The maximum Gasteiger partial charge on any atom is 0.322 e. The lowest BCUT2D eigenvalue weighted by molar-refractivity contribution is -0.143. The lowest BCUT2D eigenvalue weighted by Gasteiger charge is -2.31. The van der Waals surface area contributed by atoms with Crippen molar-refractivity contribution in [1.29, 1.82) is 0 Å². The van der Waals surface area contributed by atoms with Gasteiger partial charge in [-0.3, -0.25) is 95.9 Å². The van der Waals surface area contributed by atoms with Gasteiger partial charge in [-0.1, -0.05) is 73.6 Å². The number of thioether (sulfide) groups is 1. The van der Waals surface area contributed by atoms with Gasteiger partial charge in [-0.2, -0.15) is 11.8 Å². The van der Waals surface area contributed by atoms with Gasteiger partial charge in [0.25, 0.3) is 5.97 Å². The first-order chi connectivity index (χ1) is 56.6. The molecular weight excluding hydrogens is 1610 g/mol. The fraction of sp³-hybridized carbons (Fsp3) is 0.632. The van der Waals surface area contributed by atoms with E-state index in [0.717, 1.165) is 13.8 Å². The van der Waals surface area contributed by atoms with E-state index < -0.39 is 254 Å². The van der Waals surface area contributed by atoms with Crippen molar-refractivity contribution < 1.29 is 121 Å². The van der Waals surface area contributed by atoms with Crippen LogP contribution in [0.1, 0.15) is 152 Å². The molecule has 676 valence electrons. The SMILES string of the molecule is CC(=O)O.CSCC[C@H](N)C(=O)N[C@H](C(=O)N[C@@H](CC(=O)O)C(=O)NCC(=O)N[C@@H](CCCCN)C(=O)N1CCC[C@H]1C(=O)N[C@H](C(=O)N[C@@H](CC(N)=O)C(=O)N[C@@H](CC(C)C)C(=O)NCC(=O)N[C@@H](CC(C)C)C(=O)N[C@@H](Cc1c[nH]c2ccccc12)C(=O)N[C@@H](CC(=O)O)C(=O)N[C@H](C(=O)N[C@@H](C)C(=O)NCC(=O)O)[C@@H](C)O)C(C)C)C(C)C. The summed E-state index contributed by atoms with van der Waals surface area (Å²) in [7, 11) is 0. The molecule has 1 fully saturated rings. The third-order valence-corrected chi connectivity index (χ3v) is 19.1. The number of carbonyl (C=O) groups is 20. The van der Waals surface area contributed by atoms with Gasteiger partial charge in [-0.05, 0) is 119 Å². The summed E-state index contributed by atoms with van der Waals surface area (Å²) >= 11 is 1.45. The molecule has 2 aromatic rings. The zero-order valence-corrected chi connectivity index (χ0v) is 70.8. The second-order valence-corrected chi connectivity index (χ2v) is 31.6. The number of likely N-dealkylation sites (tertiary alicyclic amines) is 1. The first kappa shape index (κ1) is 105. The zero-order chi connectivity index (χ0) is 91.8. The van der Waals surface area contributed by atoms with Gasteiger partial charge < -0.3 is 127 Å². The largest absolute Gasteiger partial charge is 0.481 e. The van der Waals surface area contributed by atoms with E-state index in [2.05, 4.69) is 74.1 Å². The van der Waals surface area contributed by atoms with Gasteiger partial charge in [0.1, 0.15) is 79.0 Å². The number of unbranched alkanes of at least 4 members (excludes halogenated alkanes) is 1. The molecule has 0 aliphatic carbocycles. The molecule has 0 unspecified atom stereocenters. The molecule has 2 heterocycles. The van der Waals surface area contributed by atoms with E-state index in [9.17, 15) is 106 Å². The van der Waals surface area contributed by atoms with Crippen molar-refractivity contribution >= 4 is 141 Å². The van der Waals surface area contributed by atoms with Gasteiger partial charge in [0.05, 0.1) is 44.5 Å². The van der Waals surface area contributed by atoms with Crippen LogP contribution in [0.15, 0.2) is 30.5 Å². The Labute approximate surface area is 703 Å². The quantitative estimate of drug-likeness (QED) is 0.0275. The predicted octanol–water partition coefficient (Wildman–Crippen LogP) is -5.60. The molecule has 121 heavy (non-hydrogen) atoms. The summed E-state index contributed by atoms with van der Waals surface area (Å²) in [6.45, 7) is 14.1. The van der Waals surface area contributed by atoms with Gasteiger partial charge in [-0.15, -0.1) is 0 Å². The third kappa shape index (κ3) is 38.6. The highest BCUT2D eigenvalue weighted by Gasteiger charge is 2.42. The Morgan fingerprint density at radius 3 is 1.46 bits per heavy atom. The number of nitrogens with two attached hydrogens (primary N) is 3. The maximum atomic E-state index is 14.5.